The molecule has 0 amide bonds. The average Bonchev–Trinajstić information content (AvgIpc) is 2.37. The van der Waals surface area contributed by atoms with E-state index >= 15 is 0 Å². The number of aromatic nitrogens is 1. The topological polar surface area (TPSA) is 25.4 Å². The Kier molecular flexibility index (Phi) is 2.02. The molecule has 0 aromatic carbocycles. The van der Waals surface area contributed by atoms with Crippen molar-refractivity contribution < 1.29 is 4.84 Å². The van der Waals surface area contributed by atoms with Crippen LogP contribution in [0.2, 0.25) is 0 Å². The van der Waals surface area contributed by atoms with Crippen molar-refractivity contribution in [3.63, 3.8) is 0 Å². The van der Waals surface area contributed by atoms with Crippen LogP contribution in [0.4, 0.5) is 5.13 Å². The zero-order valence-corrected chi connectivity index (χ0v) is 6.18. The first kappa shape index (κ1) is 6.51. The van der Waals surface area contributed by atoms with Crippen LogP contribution < -0.4 is 5.06 Å². The second kappa shape index (κ2) is 2.80. The van der Waals surface area contributed by atoms with Gasteiger partial charge in [0.15, 0.2) is 0 Å². The van der Waals surface area contributed by atoms with E-state index in [4.69, 9.17) is 4.84 Å². The SMILES string of the molecule is CON(C)c1nccs1. The predicted octanol–water partition coefficient (Wildman–Crippen LogP) is 1.14. The van der Waals surface area contributed by atoms with Crippen molar-refractivity contribution in [1.29, 1.82) is 0 Å². The predicted molar refractivity (Wildman–Crippen MR) is 37.5 cm³/mol. The fourth-order valence-corrected chi connectivity index (χ4v) is 1.04. The van der Waals surface area contributed by atoms with Gasteiger partial charge < -0.3 is 0 Å². The van der Waals surface area contributed by atoms with E-state index in [-0.39, 0.29) is 0 Å². The molecule has 1 aromatic heterocycles. The molecule has 0 saturated heterocycles. The van der Waals surface area contributed by atoms with E-state index in [1.54, 1.807) is 29.7 Å². The Labute approximate surface area is 57.8 Å². The first-order valence-electron chi connectivity index (χ1n) is 2.52. The van der Waals surface area contributed by atoms with Gasteiger partial charge in [0.2, 0.25) is 5.13 Å². The van der Waals surface area contributed by atoms with Gasteiger partial charge in [-0.05, 0) is 0 Å². The maximum absolute atomic E-state index is 4.88. The fourth-order valence-electron chi connectivity index (χ4n) is 0.450. The minimum absolute atomic E-state index is 0.873. The molecule has 0 radical (unpaired) electrons. The van der Waals surface area contributed by atoms with Crippen molar-refractivity contribution >= 4 is 16.5 Å². The van der Waals surface area contributed by atoms with Crippen LogP contribution in [0, 0.1) is 0 Å². The van der Waals surface area contributed by atoms with Gasteiger partial charge in [0.1, 0.15) is 0 Å². The van der Waals surface area contributed by atoms with Crippen LogP contribution in [0.1, 0.15) is 0 Å². The molecule has 1 aromatic rings. The summed E-state index contributed by atoms with van der Waals surface area (Å²) in [5, 5.41) is 4.40. The summed E-state index contributed by atoms with van der Waals surface area (Å²) in [6, 6.07) is 0. The highest BCUT2D eigenvalue weighted by Crippen LogP contribution is 2.14. The van der Waals surface area contributed by atoms with Crippen LogP contribution in [0.15, 0.2) is 11.6 Å². The quantitative estimate of drug-likeness (QED) is 0.582. The number of hydrogen-bond acceptors (Lipinski definition) is 4. The van der Waals surface area contributed by atoms with Crippen molar-refractivity contribution in [2.45, 2.75) is 0 Å². The average molecular weight is 144 g/mol. The Bertz CT molecular complexity index is 163. The molecular formula is C5H8N2OS. The molecule has 0 aliphatic carbocycles. The third-order valence-electron chi connectivity index (χ3n) is 0.963. The maximum Gasteiger partial charge on any atom is 0.209 e. The van der Waals surface area contributed by atoms with Gasteiger partial charge >= 0.3 is 0 Å². The van der Waals surface area contributed by atoms with Crippen LogP contribution in [0.5, 0.6) is 0 Å². The summed E-state index contributed by atoms with van der Waals surface area (Å²) >= 11 is 1.55. The Balaban J connectivity index is 2.65. The maximum atomic E-state index is 4.88. The van der Waals surface area contributed by atoms with Gasteiger partial charge in [-0.1, -0.05) is 0 Å². The minimum atomic E-state index is 0.873. The highest BCUT2D eigenvalue weighted by Gasteiger charge is 1.98. The molecule has 4 heteroatoms. The lowest BCUT2D eigenvalue weighted by molar-refractivity contribution is 0.184. The van der Waals surface area contributed by atoms with Gasteiger partial charge in [-0.15, -0.1) is 11.3 Å². The molecular weight excluding hydrogens is 136 g/mol. The molecule has 0 bridgehead atoms. The summed E-state index contributed by atoms with van der Waals surface area (Å²) in [7, 11) is 3.43. The van der Waals surface area contributed by atoms with Crippen molar-refractivity contribution in [2.75, 3.05) is 19.2 Å². The first-order valence-corrected chi connectivity index (χ1v) is 3.40. The number of nitrogens with zero attached hydrogens (tertiary/aromatic N) is 2. The smallest absolute Gasteiger partial charge is 0.209 e. The molecule has 1 rings (SSSR count). The van der Waals surface area contributed by atoms with Gasteiger partial charge in [-0.25, -0.2) is 10.0 Å². The largest absolute Gasteiger partial charge is 0.275 e. The van der Waals surface area contributed by atoms with Gasteiger partial charge in [-0.2, -0.15) is 0 Å². The van der Waals surface area contributed by atoms with Crippen LogP contribution >= 0.6 is 11.3 Å². The van der Waals surface area contributed by atoms with E-state index in [2.05, 4.69) is 4.98 Å². The molecule has 0 aliphatic rings. The van der Waals surface area contributed by atoms with E-state index in [9.17, 15) is 0 Å². The molecule has 0 spiro atoms. The molecule has 0 aliphatic heterocycles. The van der Waals surface area contributed by atoms with Gasteiger partial charge in [-0.3, -0.25) is 4.84 Å². The normalized spacial score (nSPS) is 9.56. The van der Waals surface area contributed by atoms with E-state index in [0.717, 1.165) is 5.13 Å². The first-order chi connectivity index (χ1) is 4.34. The number of rotatable bonds is 2. The Morgan fingerprint density at radius 1 is 1.78 bits per heavy atom. The molecule has 0 N–H and O–H groups in total. The summed E-state index contributed by atoms with van der Waals surface area (Å²) in [6.07, 6.45) is 1.75. The summed E-state index contributed by atoms with van der Waals surface area (Å²) in [5.41, 5.74) is 0. The molecule has 3 nitrogen and oxygen atoms in total. The summed E-state index contributed by atoms with van der Waals surface area (Å²) in [4.78, 5) is 8.88. The van der Waals surface area contributed by atoms with Crippen molar-refractivity contribution in [3.8, 4) is 0 Å². The van der Waals surface area contributed by atoms with Crippen LogP contribution in [0.25, 0.3) is 0 Å². The molecule has 1 heterocycles. The highest BCUT2D eigenvalue weighted by molar-refractivity contribution is 7.13. The Morgan fingerprint density at radius 2 is 2.56 bits per heavy atom. The summed E-state index contributed by atoms with van der Waals surface area (Å²) in [5.74, 6) is 0. The molecule has 0 atom stereocenters. The van der Waals surface area contributed by atoms with Crippen molar-refractivity contribution in [1.82, 2.24) is 4.98 Å². The second-order valence-electron chi connectivity index (χ2n) is 1.49. The van der Waals surface area contributed by atoms with Gasteiger partial charge in [0.05, 0.1) is 7.11 Å². The molecule has 50 valence electrons. The van der Waals surface area contributed by atoms with Crippen molar-refractivity contribution in [3.05, 3.63) is 11.6 Å². The van der Waals surface area contributed by atoms with E-state index in [0.29, 0.717) is 0 Å². The minimum Gasteiger partial charge on any atom is -0.275 e. The highest BCUT2D eigenvalue weighted by atomic mass is 32.1. The van der Waals surface area contributed by atoms with Crippen LogP contribution in [-0.4, -0.2) is 19.1 Å². The fraction of sp³-hybridized carbons (Fsp3) is 0.400. The monoisotopic (exact) mass is 144 g/mol. The van der Waals surface area contributed by atoms with Crippen LogP contribution in [0.3, 0.4) is 0 Å². The van der Waals surface area contributed by atoms with Crippen molar-refractivity contribution in [2.24, 2.45) is 0 Å². The van der Waals surface area contributed by atoms with Gasteiger partial charge in [0.25, 0.3) is 0 Å². The summed E-state index contributed by atoms with van der Waals surface area (Å²) in [6.45, 7) is 0. The lowest BCUT2D eigenvalue weighted by Gasteiger charge is -2.09. The Hall–Kier alpha value is -0.610. The van der Waals surface area contributed by atoms with E-state index in [1.807, 2.05) is 12.4 Å². The van der Waals surface area contributed by atoms with E-state index < -0.39 is 0 Å². The zero-order valence-electron chi connectivity index (χ0n) is 5.37. The lowest BCUT2D eigenvalue weighted by Crippen LogP contribution is -2.13. The Morgan fingerprint density at radius 3 is 3.00 bits per heavy atom. The van der Waals surface area contributed by atoms with Crippen LogP contribution in [-0.2, 0) is 4.84 Å². The van der Waals surface area contributed by atoms with E-state index in [1.165, 1.54) is 0 Å². The van der Waals surface area contributed by atoms with Gasteiger partial charge in [0, 0.05) is 18.6 Å². The third-order valence-corrected chi connectivity index (χ3v) is 1.79. The number of hydrogen-bond donors (Lipinski definition) is 0. The molecule has 9 heavy (non-hydrogen) atoms. The number of thiazole rings is 1. The standard InChI is InChI=1S/C5H8N2OS/c1-7(8-2)5-6-3-4-9-5/h3-4H,1-2H3. The number of anilines is 1. The molecule has 0 fully saturated rings. The third kappa shape index (κ3) is 1.40. The lowest BCUT2D eigenvalue weighted by atomic mass is 11.0. The molecule has 0 saturated carbocycles. The zero-order chi connectivity index (χ0) is 6.69. The second-order valence-corrected chi connectivity index (χ2v) is 2.37. The summed E-state index contributed by atoms with van der Waals surface area (Å²) < 4.78 is 0. The molecule has 0 unspecified atom stereocenters. The number of hydroxylamine groups is 1.